The van der Waals surface area contributed by atoms with Crippen LogP contribution in [0.5, 0.6) is 11.5 Å². The molecule has 0 aromatic heterocycles. The summed E-state index contributed by atoms with van der Waals surface area (Å²) >= 11 is 0. The highest BCUT2D eigenvalue weighted by atomic mass is 16.5. The lowest BCUT2D eigenvalue weighted by Gasteiger charge is -2.38. The Morgan fingerprint density at radius 2 is 1.80 bits per heavy atom. The van der Waals surface area contributed by atoms with Gasteiger partial charge in [0.15, 0.2) is 0 Å². The minimum atomic E-state index is -0.504. The number of urea groups is 1. The Hall–Kier alpha value is -3.02. The summed E-state index contributed by atoms with van der Waals surface area (Å²) in [6.45, 7) is 2.05. The molecule has 0 saturated heterocycles. The Labute approximate surface area is 146 Å². The lowest BCUT2D eigenvalue weighted by molar-refractivity contribution is 0.1000. The van der Waals surface area contributed by atoms with Crippen molar-refractivity contribution in [1.29, 1.82) is 0 Å². The smallest absolute Gasteiger partial charge is 0.319 e. The molecule has 0 aliphatic heterocycles. The summed E-state index contributed by atoms with van der Waals surface area (Å²) in [7, 11) is 0. The van der Waals surface area contributed by atoms with Crippen molar-refractivity contribution in [1.82, 2.24) is 5.32 Å². The Morgan fingerprint density at radius 1 is 1.08 bits per heavy atom. The predicted octanol–water partition coefficient (Wildman–Crippen LogP) is 3.64. The maximum absolute atomic E-state index is 12.0. The van der Waals surface area contributed by atoms with Crippen LogP contribution in [0.2, 0.25) is 0 Å². The lowest BCUT2D eigenvalue weighted by Crippen LogP contribution is -2.52. The molecule has 4 N–H and O–H groups in total. The van der Waals surface area contributed by atoms with E-state index in [2.05, 4.69) is 10.6 Å². The number of amides is 3. The van der Waals surface area contributed by atoms with Crippen LogP contribution < -0.4 is 21.1 Å². The quantitative estimate of drug-likeness (QED) is 0.776. The molecule has 2 aromatic rings. The standard InChI is InChI=1S/C19H21N3O3/c1-19(10-3-11-19)22-18(24)21-14-6-8-15(9-7-14)25-16-5-2-4-13(12-16)17(20)23/h2,4-9,12H,3,10-11H2,1H3,(H2,20,23)(H2,21,22,24). The number of hydrogen-bond acceptors (Lipinski definition) is 3. The van der Waals surface area contributed by atoms with Gasteiger partial charge >= 0.3 is 6.03 Å². The molecule has 0 heterocycles. The number of rotatable bonds is 5. The van der Waals surface area contributed by atoms with Gasteiger partial charge in [-0.2, -0.15) is 0 Å². The number of anilines is 1. The van der Waals surface area contributed by atoms with Crippen LogP contribution in [0.15, 0.2) is 48.5 Å². The van der Waals surface area contributed by atoms with E-state index in [9.17, 15) is 9.59 Å². The fourth-order valence-electron chi connectivity index (χ4n) is 2.72. The summed E-state index contributed by atoms with van der Waals surface area (Å²) in [4.78, 5) is 23.2. The van der Waals surface area contributed by atoms with Crippen LogP contribution in [0.1, 0.15) is 36.5 Å². The van der Waals surface area contributed by atoms with Gasteiger partial charge in [-0.3, -0.25) is 4.79 Å². The second-order valence-corrected chi connectivity index (χ2v) is 6.51. The zero-order valence-corrected chi connectivity index (χ0v) is 14.0. The zero-order valence-electron chi connectivity index (χ0n) is 14.0. The van der Waals surface area contributed by atoms with Gasteiger partial charge in [0.2, 0.25) is 5.91 Å². The van der Waals surface area contributed by atoms with Crippen LogP contribution in [0.25, 0.3) is 0 Å². The summed E-state index contributed by atoms with van der Waals surface area (Å²) in [6.07, 6.45) is 3.18. The molecule has 0 atom stereocenters. The van der Waals surface area contributed by atoms with Crippen molar-refractivity contribution in [3.63, 3.8) is 0 Å². The van der Waals surface area contributed by atoms with Crippen molar-refractivity contribution in [2.24, 2.45) is 5.73 Å². The molecule has 6 heteroatoms. The van der Waals surface area contributed by atoms with Gasteiger partial charge in [0.25, 0.3) is 0 Å². The molecule has 1 saturated carbocycles. The number of benzene rings is 2. The number of primary amides is 1. The molecule has 3 rings (SSSR count). The topological polar surface area (TPSA) is 93.4 Å². The van der Waals surface area contributed by atoms with Crippen molar-refractivity contribution in [2.75, 3.05) is 5.32 Å². The number of nitrogens with two attached hydrogens (primary N) is 1. The molecule has 0 spiro atoms. The molecule has 0 bridgehead atoms. The molecule has 1 fully saturated rings. The van der Waals surface area contributed by atoms with Gasteiger partial charge in [0.05, 0.1) is 0 Å². The first kappa shape index (κ1) is 16.8. The Morgan fingerprint density at radius 3 is 2.40 bits per heavy atom. The highest BCUT2D eigenvalue weighted by molar-refractivity contribution is 5.93. The van der Waals surface area contributed by atoms with Gasteiger partial charge in [0.1, 0.15) is 11.5 Å². The molecule has 25 heavy (non-hydrogen) atoms. The lowest BCUT2D eigenvalue weighted by atomic mass is 9.79. The number of hydrogen-bond donors (Lipinski definition) is 3. The van der Waals surface area contributed by atoms with Gasteiger partial charge in [-0.25, -0.2) is 4.79 Å². The predicted molar refractivity (Wildman–Crippen MR) is 95.9 cm³/mol. The minimum absolute atomic E-state index is 0.0847. The van der Waals surface area contributed by atoms with Crippen LogP contribution in [0, 0.1) is 0 Å². The summed E-state index contributed by atoms with van der Waals surface area (Å²) in [5, 5.41) is 5.80. The fraction of sp³-hybridized carbons (Fsp3) is 0.263. The van der Waals surface area contributed by atoms with Crippen molar-refractivity contribution in [2.45, 2.75) is 31.7 Å². The molecule has 1 aliphatic carbocycles. The van der Waals surface area contributed by atoms with E-state index in [1.165, 1.54) is 0 Å². The van der Waals surface area contributed by atoms with Crippen molar-refractivity contribution >= 4 is 17.6 Å². The molecule has 0 unspecified atom stereocenters. The number of carbonyl (C=O) groups excluding carboxylic acids is 2. The average molecular weight is 339 g/mol. The normalized spacial score (nSPS) is 14.9. The second-order valence-electron chi connectivity index (χ2n) is 6.51. The molecule has 2 aromatic carbocycles. The summed E-state index contributed by atoms with van der Waals surface area (Å²) in [6, 6.07) is 13.5. The Bertz CT molecular complexity index is 783. The van der Waals surface area contributed by atoms with Gasteiger partial charge in [0, 0.05) is 16.8 Å². The Kier molecular flexibility index (Phi) is 4.61. The second kappa shape index (κ2) is 6.84. The van der Waals surface area contributed by atoms with Crippen molar-refractivity contribution in [3.8, 4) is 11.5 Å². The van der Waals surface area contributed by atoms with E-state index in [0.717, 1.165) is 19.3 Å². The molecular formula is C19H21N3O3. The van der Waals surface area contributed by atoms with Crippen LogP contribution in [0.4, 0.5) is 10.5 Å². The van der Waals surface area contributed by atoms with Gasteiger partial charge in [-0.1, -0.05) is 6.07 Å². The van der Waals surface area contributed by atoms with Crippen LogP contribution in [0.3, 0.4) is 0 Å². The summed E-state index contributed by atoms with van der Waals surface area (Å²) in [5.41, 5.74) is 6.24. The van der Waals surface area contributed by atoms with E-state index in [-0.39, 0.29) is 11.6 Å². The summed E-state index contributed by atoms with van der Waals surface area (Å²) in [5.74, 6) is 0.613. The van der Waals surface area contributed by atoms with E-state index in [4.69, 9.17) is 10.5 Å². The third-order valence-electron chi connectivity index (χ3n) is 4.34. The third-order valence-corrected chi connectivity index (χ3v) is 4.34. The highest BCUT2D eigenvalue weighted by Gasteiger charge is 2.33. The van der Waals surface area contributed by atoms with Crippen molar-refractivity contribution in [3.05, 3.63) is 54.1 Å². The maximum Gasteiger partial charge on any atom is 0.319 e. The van der Waals surface area contributed by atoms with E-state index >= 15 is 0 Å². The van der Waals surface area contributed by atoms with E-state index in [0.29, 0.717) is 22.7 Å². The summed E-state index contributed by atoms with van der Waals surface area (Å²) < 4.78 is 5.70. The van der Waals surface area contributed by atoms with Crippen LogP contribution in [-0.4, -0.2) is 17.5 Å². The van der Waals surface area contributed by atoms with Gasteiger partial charge < -0.3 is 21.1 Å². The monoisotopic (exact) mass is 339 g/mol. The first-order valence-electron chi connectivity index (χ1n) is 8.21. The number of ether oxygens (including phenoxy) is 1. The fourth-order valence-corrected chi connectivity index (χ4v) is 2.72. The Balaban J connectivity index is 1.59. The number of nitrogens with one attached hydrogen (secondary N) is 2. The molecule has 0 radical (unpaired) electrons. The number of carbonyl (C=O) groups is 2. The van der Waals surface area contributed by atoms with E-state index < -0.39 is 5.91 Å². The minimum Gasteiger partial charge on any atom is -0.457 e. The van der Waals surface area contributed by atoms with Crippen molar-refractivity contribution < 1.29 is 14.3 Å². The largest absolute Gasteiger partial charge is 0.457 e. The third kappa shape index (κ3) is 4.29. The zero-order chi connectivity index (χ0) is 17.9. The highest BCUT2D eigenvalue weighted by Crippen LogP contribution is 2.31. The van der Waals surface area contributed by atoms with E-state index in [1.807, 2.05) is 6.92 Å². The van der Waals surface area contributed by atoms with Gasteiger partial charge in [-0.05, 0) is 68.7 Å². The van der Waals surface area contributed by atoms with Gasteiger partial charge in [-0.15, -0.1) is 0 Å². The molecule has 3 amide bonds. The SMILES string of the molecule is CC1(NC(=O)Nc2ccc(Oc3cccc(C(N)=O)c3)cc2)CCC1. The first-order valence-corrected chi connectivity index (χ1v) is 8.21. The molecule has 1 aliphatic rings. The van der Waals surface area contributed by atoms with Crippen LogP contribution >= 0.6 is 0 Å². The van der Waals surface area contributed by atoms with Crippen LogP contribution in [-0.2, 0) is 0 Å². The molecule has 6 nitrogen and oxygen atoms in total. The molecule has 130 valence electrons. The first-order chi connectivity index (χ1) is 11.9. The molecular weight excluding hydrogens is 318 g/mol. The maximum atomic E-state index is 12.0. The average Bonchev–Trinajstić information content (AvgIpc) is 2.55. The van der Waals surface area contributed by atoms with E-state index in [1.54, 1.807) is 48.5 Å².